The number of carbonyl (C=O) groups is 1. The van der Waals surface area contributed by atoms with Crippen LogP contribution in [0.5, 0.6) is 0 Å². The van der Waals surface area contributed by atoms with Gasteiger partial charge in [-0.25, -0.2) is 9.02 Å². The highest BCUT2D eigenvalue weighted by Gasteiger charge is 2.23. The number of halogens is 1. The Morgan fingerprint density at radius 3 is 2.78 bits per heavy atom. The lowest BCUT2D eigenvalue weighted by Gasteiger charge is -2.34. The maximum atomic E-state index is 13.3. The number of nitrogens with zero attached hydrogens (tertiary/aromatic N) is 4. The summed E-state index contributed by atoms with van der Waals surface area (Å²) in [5.41, 5.74) is 2.32. The van der Waals surface area contributed by atoms with Gasteiger partial charge in [-0.05, 0) is 62.9 Å². The number of aryl methyl sites for hydroxylation is 1. The van der Waals surface area contributed by atoms with Crippen LogP contribution in [0, 0.1) is 18.7 Å². The summed E-state index contributed by atoms with van der Waals surface area (Å²) in [6, 6.07) is 6.83. The van der Waals surface area contributed by atoms with Crippen LogP contribution in [0.2, 0.25) is 0 Å². The van der Waals surface area contributed by atoms with Crippen molar-refractivity contribution in [3.05, 3.63) is 47.0 Å². The minimum atomic E-state index is -0.171. The topological polar surface area (TPSA) is 62.5 Å². The first kappa shape index (κ1) is 19.5. The summed E-state index contributed by atoms with van der Waals surface area (Å²) in [5, 5.41) is 7.50. The van der Waals surface area contributed by atoms with Crippen molar-refractivity contribution in [2.75, 3.05) is 33.2 Å². The van der Waals surface area contributed by atoms with Crippen molar-refractivity contribution in [3.8, 4) is 0 Å². The normalized spacial score (nSPS) is 15.8. The first-order valence-electron chi connectivity index (χ1n) is 9.50. The van der Waals surface area contributed by atoms with Crippen LogP contribution in [0.25, 0.3) is 0 Å². The first-order chi connectivity index (χ1) is 13.0. The highest BCUT2D eigenvalue weighted by atomic mass is 19.1. The van der Waals surface area contributed by atoms with E-state index in [9.17, 15) is 9.18 Å². The van der Waals surface area contributed by atoms with Gasteiger partial charge in [0.15, 0.2) is 0 Å². The van der Waals surface area contributed by atoms with Crippen LogP contribution >= 0.6 is 0 Å². The van der Waals surface area contributed by atoms with Crippen LogP contribution in [0.4, 0.5) is 4.39 Å². The quantitative estimate of drug-likeness (QED) is 0.745. The van der Waals surface area contributed by atoms with Crippen LogP contribution in [0.15, 0.2) is 28.9 Å². The molecule has 0 spiro atoms. The number of rotatable bonds is 7. The van der Waals surface area contributed by atoms with E-state index in [1.54, 1.807) is 24.0 Å². The predicted molar refractivity (Wildman–Crippen MR) is 99.6 cm³/mol. The SMILES string of the molecule is Cc1nonc1CC(=O)N(C)CC1CCN(CCc2cccc(F)c2)CC1. The molecule has 0 atom stereocenters. The van der Waals surface area contributed by atoms with E-state index in [1.165, 1.54) is 6.07 Å². The highest BCUT2D eigenvalue weighted by molar-refractivity contribution is 5.78. The zero-order valence-electron chi connectivity index (χ0n) is 16.0. The monoisotopic (exact) mass is 374 g/mol. The molecule has 0 radical (unpaired) electrons. The molecule has 1 aliphatic rings. The molecule has 146 valence electrons. The number of piperidine rings is 1. The lowest BCUT2D eigenvalue weighted by molar-refractivity contribution is -0.130. The fourth-order valence-corrected chi connectivity index (χ4v) is 3.55. The standard InChI is InChI=1S/C20H27FN4O2/c1-15-19(23-27-22-15)13-20(26)24(2)14-17-7-10-25(11-8-17)9-6-16-4-3-5-18(21)12-16/h3-5,12,17H,6-11,13-14H2,1-2H3. The number of aromatic nitrogens is 2. The minimum Gasteiger partial charge on any atom is -0.345 e. The second-order valence-corrected chi connectivity index (χ2v) is 7.41. The number of hydrogen-bond donors (Lipinski definition) is 0. The van der Waals surface area contributed by atoms with Gasteiger partial charge in [0.25, 0.3) is 0 Å². The van der Waals surface area contributed by atoms with Crippen molar-refractivity contribution in [1.82, 2.24) is 20.1 Å². The lowest BCUT2D eigenvalue weighted by atomic mass is 9.96. The van der Waals surface area contributed by atoms with Crippen molar-refractivity contribution in [2.45, 2.75) is 32.6 Å². The Hall–Kier alpha value is -2.28. The Kier molecular flexibility index (Phi) is 6.55. The van der Waals surface area contributed by atoms with Crippen molar-refractivity contribution >= 4 is 5.91 Å². The Labute approximate surface area is 159 Å². The lowest BCUT2D eigenvalue weighted by Crippen LogP contribution is -2.40. The second kappa shape index (κ2) is 9.08. The molecule has 6 nitrogen and oxygen atoms in total. The number of likely N-dealkylation sites (N-methyl/N-ethyl adjacent to an activating group) is 1. The van der Waals surface area contributed by atoms with E-state index >= 15 is 0 Å². The summed E-state index contributed by atoms with van der Waals surface area (Å²) < 4.78 is 17.9. The van der Waals surface area contributed by atoms with E-state index in [0.29, 0.717) is 17.3 Å². The molecule has 1 fully saturated rings. The van der Waals surface area contributed by atoms with E-state index in [2.05, 4.69) is 19.8 Å². The molecule has 0 aliphatic carbocycles. The number of likely N-dealkylation sites (tertiary alicyclic amines) is 1. The molecule has 0 bridgehead atoms. The summed E-state index contributed by atoms with van der Waals surface area (Å²) in [6.07, 6.45) is 3.25. The molecule has 3 rings (SSSR count). The Balaban J connectivity index is 1.38. The van der Waals surface area contributed by atoms with Crippen LogP contribution in [0.3, 0.4) is 0 Å². The van der Waals surface area contributed by atoms with Gasteiger partial charge in [0, 0.05) is 20.1 Å². The molecule has 7 heteroatoms. The van der Waals surface area contributed by atoms with Crippen molar-refractivity contribution in [1.29, 1.82) is 0 Å². The molecule has 1 aromatic heterocycles. The van der Waals surface area contributed by atoms with E-state index in [4.69, 9.17) is 0 Å². The van der Waals surface area contributed by atoms with Gasteiger partial charge in [-0.1, -0.05) is 22.4 Å². The van der Waals surface area contributed by atoms with Gasteiger partial charge < -0.3 is 9.80 Å². The Morgan fingerprint density at radius 1 is 1.33 bits per heavy atom. The maximum Gasteiger partial charge on any atom is 0.228 e. The molecule has 0 N–H and O–H groups in total. The third kappa shape index (κ3) is 5.60. The van der Waals surface area contributed by atoms with Crippen molar-refractivity contribution < 1.29 is 13.8 Å². The molecular weight excluding hydrogens is 347 g/mol. The number of amides is 1. The first-order valence-corrected chi connectivity index (χ1v) is 9.50. The van der Waals surface area contributed by atoms with Crippen LogP contribution in [-0.2, 0) is 17.6 Å². The largest absolute Gasteiger partial charge is 0.345 e. The fraction of sp³-hybridized carbons (Fsp3) is 0.550. The molecule has 0 unspecified atom stereocenters. The molecule has 1 aliphatic heterocycles. The summed E-state index contributed by atoms with van der Waals surface area (Å²) in [4.78, 5) is 16.6. The molecule has 27 heavy (non-hydrogen) atoms. The van der Waals surface area contributed by atoms with Crippen LogP contribution in [-0.4, -0.2) is 59.2 Å². The average molecular weight is 374 g/mol. The number of hydrogen-bond acceptors (Lipinski definition) is 5. The molecule has 0 saturated carbocycles. The second-order valence-electron chi connectivity index (χ2n) is 7.41. The van der Waals surface area contributed by atoms with Gasteiger partial charge in [-0.3, -0.25) is 4.79 Å². The van der Waals surface area contributed by atoms with Gasteiger partial charge >= 0.3 is 0 Å². The highest BCUT2D eigenvalue weighted by Crippen LogP contribution is 2.19. The summed E-state index contributed by atoms with van der Waals surface area (Å²) in [7, 11) is 1.85. The molecule has 2 heterocycles. The Morgan fingerprint density at radius 2 is 2.11 bits per heavy atom. The third-order valence-electron chi connectivity index (χ3n) is 5.34. The fourth-order valence-electron chi connectivity index (χ4n) is 3.55. The number of benzene rings is 1. The van der Waals surface area contributed by atoms with Crippen molar-refractivity contribution in [3.63, 3.8) is 0 Å². The molecular formula is C20H27FN4O2. The average Bonchev–Trinajstić information content (AvgIpc) is 3.06. The summed E-state index contributed by atoms with van der Waals surface area (Å²) in [6.45, 7) is 5.55. The molecule has 1 aromatic carbocycles. The predicted octanol–water partition coefficient (Wildman–Crippen LogP) is 2.47. The zero-order valence-corrected chi connectivity index (χ0v) is 16.0. The van der Waals surface area contributed by atoms with Gasteiger partial charge in [0.05, 0.1) is 6.42 Å². The smallest absolute Gasteiger partial charge is 0.228 e. The minimum absolute atomic E-state index is 0.0438. The molecule has 2 aromatic rings. The van der Waals surface area contributed by atoms with Gasteiger partial charge in [-0.2, -0.15) is 0 Å². The molecule has 1 amide bonds. The van der Waals surface area contributed by atoms with E-state index in [-0.39, 0.29) is 18.1 Å². The van der Waals surface area contributed by atoms with Gasteiger partial charge in [-0.15, -0.1) is 0 Å². The van der Waals surface area contributed by atoms with E-state index in [1.807, 2.05) is 13.1 Å². The summed E-state index contributed by atoms with van der Waals surface area (Å²) >= 11 is 0. The maximum absolute atomic E-state index is 13.3. The summed E-state index contributed by atoms with van der Waals surface area (Å²) in [5.74, 6) is 0.388. The van der Waals surface area contributed by atoms with Crippen molar-refractivity contribution in [2.24, 2.45) is 5.92 Å². The van der Waals surface area contributed by atoms with Crippen LogP contribution < -0.4 is 0 Å². The van der Waals surface area contributed by atoms with Gasteiger partial charge in [0.2, 0.25) is 5.91 Å². The van der Waals surface area contributed by atoms with Crippen LogP contribution in [0.1, 0.15) is 29.8 Å². The zero-order chi connectivity index (χ0) is 19.2. The van der Waals surface area contributed by atoms with Gasteiger partial charge in [0.1, 0.15) is 17.2 Å². The van der Waals surface area contributed by atoms with E-state index in [0.717, 1.165) is 51.0 Å². The Bertz CT molecular complexity index is 756. The third-order valence-corrected chi connectivity index (χ3v) is 5.34. The molecule has 1 saturated heterocycles. The number of carbonyl (C=O) groups excluding carboxylic acids is 1. The van der Waals surface area contributed by atoms with E-state index < -0.39 is 0 Å².